The zero-order chi connectivity index (χ0) is 31.3. The Kier molecular flexibility index (Phi) is 5.32. The molecule has 8 aromatic carbocycles. The van der Waals surface area contributed by atoms with E-state index in [0.717, 1.165) is 0 Å². The van der Waals surface area contributed by atoms with Gasteiger partial charge in [0.15, 0.2) is 0 Å². The monoisotopic (exact) mass is 625 g/mol. The maximum absolute atomic E-state index is 2.42. The largest absolute Gasteiger partial charge is 0.309 e. The van der Waals surface area contributed by atoms with Crippen LogP contribution >= 0.6 is 11.3 Å². The molecule has 0 spiro atoms. The minimum absolute atomic E-state index is 1.18. The summed E-state index contributed by atoms with van der Waals surface area (Å²) in [5.74, 6) is 0. The Morgan fingerprint density at radius 1 is 0.333 bits per heavy atom. The van der Waals surface area contributed by atoms with Gasteiger partial charge >= 0.3 is 0 Å². The fraction of sp³-hybridized carbons (Fsp3) is 0. The van der Waals surface area contributed by atoms with E-state index in [4.69, 9.17) is 0 Å². The highest BCUT2D eigenvalue weighted by molar-refractivity contribution is 7.25. The van der Waals surface area contributed by atoms with Gasteiger partial charge in [-0.3, -0.25) is 0 Å². The van der Waals surface area contributed by atoms with Crippen molar-refractivity contribution in [2.45, 2.75) is 0 Å². The Balaban J connectivity index is 1.07. The Labute approximate surface area is 281 Å². The van der Waals surface area contributed by atoms with Crippen molar-refractivity contribution in [3.05, 3.63) is 164 Å². The first-order chi connectivity index (χ1) is 23.8. The number of nitrogens with zero attached hydrogens (tertiary/aromatic N) is 1. The lowest BCUT2D eigenvalue weighted by Gasteiger charge is -2.10. The summed E-state index contributed by atoms with van der Waals surface area (Å²) in [6, 6.07) is 60.7. The zero-order valence-electron chi connectivity index (χ0n) is 25.9. The van der Waals surface area contributed by atoms with Crippen LogP contribution in [-0.2, 0) is 0 Å². The lowest BCUT2D eigenvalue weighted by atomic mass is 9.93. The molecule has 0 amide bonds. The zero-order valence-corrected chi connectivity index (χ0v) is 26.8. The van der Waals surface area contributed by atoms with Gasteiger partial charge in [0.05, 0.1) is 11.0 Å². The third kappa shape index (κ3) is 3.61. The SMILES string of the molecule is c1ccc(-n2c3ccccc3c3cc(-c4ccc5sc6ccc(-c7ccc8c9c(cccc79)-c7ccccc7-8)cc6c5c4)ccc32)cc1. The molecule has 11 rings (SSSR count). The second-order valence-electron chi connectivity index (χ2n) is 12.9. The number of benzene rings is 8. The van der Waals surface area contributed by atoms with Crippen molar-refractivity contribution < 1.29 is 0 Å². The molecule has 2 heterocycles. The number of para-hydroxylation sites is 2. The molecule has 0 bridgehead atoms. The van der Waals surface area contributed by atoms with Gasteiger partial charge in [-0.05, 0) is 110 Å². The van der Waals surface area contributed by atoms with Crippen molar-refractivity contribution >= 4 is 64.1 Å². The molecule has 0 unspecified atom stereocenters. The molecule has 1 aliphatic carbocycles. The number of aromatic nitrogens is 1. The van der Waals surface area contributed by atoms with E-state index >= 15 is 0 Å². The highest BCUT2D eigenvalue weighted by Crippen LogP contribution is 2.49. The first-order valence-corrected chi connectivity index (χ1v) is 17.3. The van der Waals surface area contributed by atoms with E-state index in [2.05, 4.69) is 168 Å². The molecule has 0 aliphatic heterocycles. The number of rotatable bonds is 3. The van der Waals surface area contributed by atoms with Crippen molar-refractivity contribution in [2.75, 3.05) is 0 Å². The first kappa shape index (κ1) is 26.1. The van der Waals surface area contributed by atoms with E-state index in [0.29, 0.717) is 0 Å². The van der Waals surface area contributed by atoms with Gasteiger partial charge in [0.1, 0.15) is 0 Å². The first-order valence-electron chi connectivity index (χ1n) is 16.5. The van der Waals surface area contributed by atoms with Gasteiger partial charge < -0.3 is 4.57 Å². The quantitative estimate of drug-likeness (QED) is 0.184. The summed E-state index contributed by atoms with van der Waals surface area (Å²) in [5.41, 5.74) is 14.0. The smallest absolute Gasteiger partial charge is 0.0541 e. The summed E-state index contributed by atoms with van der Waals surface area (Å²) in [4.78, 5) is 0. The van der Waals surface area contributed by atoms with Gasteiger partial charge in [0, 0.05) is 36.6 Å². The van der Waals surface area contributed by atoms with Crippen LogP contribution < -0.4 is 0 Å². The Hall–Kier alpha value is -5.96. The molecule has 0 saturated heterocycles. The Morgan fingerprint density at radius 3 is 1.71 bits per heavy atom. The number of hydrogen-bond acceptors (Lipinski definition) is 1. The van der Waals surface area contributed by atoms with E-state index in [9.17, 15) is 0 Å². The van der Waals surface area contributed by atoms with Crippen molar-refractivity contribution in [2.24, 2.45) is 0 Å². The van der Waals surface area contributed by atoms with E-state index < -0.39 is 0 Å². The van der Waals surface area contributed by atoms with Crippen LogP contribution in [0.4, 0.5) is 0 Å². The van der Waals surface area contributed by atoms with Crippen LogP contribution in [0.3, 0.4) is 0 Å². The standard InChI is InChI=1S/C46H27NS/c1-2-9-31(10-3-1)47-42-16-7-6-13-35(42)39-25-28(17-22-43(39)47)29-18-23-44-40(26-29)41-27-30(19-24-45(41)48-44)32-20-21-38-34-12-5-4-11-33(34)37-15-8-14-36(32)46(37)38/h1-27H. The summed E-state index contributed by atoms with van der Waals surface area (Å²) in [6.45, 7) is 0. The highest BCUT2D eigenvalue weighted by Gasteiger charge is 2.22. The molecule has 2 heteroatoms. The minimum Gasteiger partial charge on any atom is -0.309 e. The molecular weight excluding hydrogens is 599 g/mol. The van der Waals surface area contributed by atoms with Crippen LogP contribution in [0.25, 0.3) is 103 Å². The number of fused-ring (bicyclic) bond motifs is 9. The van der Waals surface area contributed by atoms with Crippen molar-refractivity contribution in [1.82, 2.24) is 4.57 Å². The lowest BCUT2D eigenvalue weighted by Crippen LogP contribution is -1.92. The fourth-order valence-electron chi connectivity index (χ4n) is 8.19. The summed E-state index contributed by atoms with van der Waals surface area (Å²) in [5, 5.41) is 7.89. The van der Waals surface area contributed by atoms with Crippen molar-refractivity contribution in [3.8, 4) is 50.2 Å². The van der Waals surface area contributed by atoms with Crippen LogP contribution in [0.15, 0.2) is 164 Å². The average Bonchev–Trinajstić information content (AvgIpc) is 3.80. The second-order valence-corrected chi connectivity index (χ2v) is 14.0. The normalized spacial score (nSPS) is 12.2. The van der Waals surface area contributed by atoms with Gasteiger partial charge in [-0.1, -0.05) is 109 Å². The predicted molar refractivity (Wildman–Crippen MR) is 206 cm³/mol. The average molecular weight is 626 g/mol. The molecule has 10 aromatic rings. The summed E-state index contributed by atoms with van der Waals surface area (Å²) in [7, 11) is 0. The lowest BCUT2D eigenvalue weighted by molar-refractivity contribution is 1.18. The molecule has 1 nitrogen and oxygen atoms in total. The van der Waals surface area contributed by atoms with Crippen LogP contribution in [-0.4, -0.2) is 4.57 Å². The Morgan fingerprint density at radius 2 is 0.896 bits per heavy atom. The van der Waals surface area contributed by atoms with Gasteiger partial charge in [0.25, 0.3) is 0 Å². The molecule has 0 fully saturated rings. The molecular formula is C46H27NS. The van der Waals surface area contributed by atoms with Crippen molar-refractivity contribution in [3.63, 3.8) is 0 Å². The Bertz CT molecular complexity index is 2910. The molecule has 48 heavy (non-hydrogen) atoms. The summed E-state index contributed by atoms with van der Waals surface area (Å²) in [6.07, 6.45) is 0. The molecule has 0 saturated carbocycles. The van der Waals surface area contributed by atoms with Gasteiger partial charge in [-0.2, -0.15) is 0 Å². The molecule has 0 N–H and O–H groups in total. The topological polar surface area (TPSA) is 4.93 Å². The predicted octanol–water partition coefficient (Wildman–Crippen LogP) is 13.3. The van der Waals surface area contributed by atoms with E-state index in [-0.39, 0.29) is 0 Å². The number of hydrogen-bond donors (Lipinski definition) is 0. The third-order valence-corrected chi connectivity index (χ3v) is 11.5. The molecule has 0 atom stereocenters. The molecule has 222 valence electrons. The molecule has 2 aromatic heterocycles. The van der Waals surface area contributed by atoms with Crippen LogP contribution in [0.1, 0.15) is 0 Å². The van der Waals surface area contributed by atoms with E-state index in [1.165, 1.54) is 103 Å². The van der Waals surface area contributed by atoms with Crippen molar-refractivity contribution in [1.29, 1.82) is 0 Å². The van der Waals surface area contributed by atoms with Crippen LogP contribution in [0, 0.1) is 0 Å². The summed E-state index contributed by atoms with van der Waals surface area (Å²) >= 11 is 1.88. The summed E-state index contributed by atoms with van der Waals surface area (Å²) < 4.78 is 5.03. The van der Waals surface area contributed by atoms with Crippen LogP contribution in [0.5, 0.6) is 0 Å². The minimum atomic E-state index is 1.18. The molecule has 0 radical (unpaired) electrons. The molecule has 1 aliphatic rings. The van der Waals surface area contributed by atoms with Gasteiger partial charge in [0.2, 0.25) is 0 Å². The van der Waals surface area contributed by atoms with Gasteiger partial charge in [-0.15, -0.1) is 11.3 Å². The fourth-order valence-corrected chi connectivity index (χ4v) is 9.26. The maximum atomic E-state index is 2.42. The van der Waals surface area contributed by atoms with E-state index in [1.54, 1.807) is 0 Å². The third-order valence-electron chi connectivity index (χ3n) is 10.3. The van der Waals surface area contributed by atoms with Gasteiger partial charge in [-0.25, -0.2) is 0 Å². The van der Waals surface area contributed by atoms with Crippen LogP contribution in [0.2, 0.25) is 0 Å². The highest BCUT2D eigenvalue weighted by atomic mass is 32.1. The van der Waals surface area contributed by atoms with E-state index in [1.807, 2.05) is 11.3 Å². The second kappa shape index (κ2) is 9.78. The maximum Gasteiger partial charge on any atom is 0.0541 e. The number of thiophene rings is 1.